The van der Waals surface area contributed by atoms with E-state index in [-0.39, 0.29) is 24.6 Å². The van der Waals surface area contributed by atoms with Gasteiger partial charge in [-0.05, 0) is 19.3 Å². The summed E-state index contributed by atoms with van der Waals surface area (Å²) in [6.07, 6.45) is 0.661. The highest BCUT2D eigenvalue weighted by atomic mass is 16.5. The van der Waals surface area contributed by atoms with Crippen LogP contribution in [0.15, 0.2) is 10.6 Å². The number of carbonyl (C=O) groups excluding carboxylic acids is 1. The first-order valence-corrected chi connectivity index (χ1v) is 6.26. The molecule has 1 heterocycles. The van der Waals surface area contributed by atoms with Gasteiger partial charge in [0.1, 0.15) is 11.6 Å². The van der Waals surface area contributed by atoms with Crippen molar-refractivity contribution in [2.45, 2.75) is 52.7 Å². The van der Waals surface area contributed by atoms with Crippen molar-refractivity contribution >= 4 is 5.97 Å². The van der Waals surface area contributed by atoms with Gasteiger partial charge in [-0.3, -0.25) is 4.79 Å². The summed E-state index contributed by atoms with van der Waals surface area (Å²) in [6, 6.07) is 1.60. The van der Waals surface area contributed by atoms with Gasteiger partial charge in [0.05, 0.1) is 12.7 Å². The molecule has 0 radical (unpaired) electrons. The molecule has 0 aliphatic rings. The Morgan fingerprint density at radius 1 is 1.50 bits per heavy atom. The molecule has 0 aromatic carbocycles. The lowest BCUT2D eigenvalue weighted by Gasteiger charge is -2.19. The van der Waals surface area contributed by atoms with Gasteiger partial charge in [0.25, 0.3) is 0 Å². The Balaban J connectivity index is 2.85. The Hall–Kier alpha value is -1.36. The molecule has 2 atom stereocenters. The van der Waals surface area contributed by atoms with Crippen molar-refractivity contribution < 1.29 is 19.2 Å². The van der Waals surface area contributed by atoms with Crippen LogP contribution in [0.25, 0.3) is 0 Å². The van der Waals surface area contributed by atoms with Crippen molar-refractivity contribution in [3.8, 4) is 0 Å². The predicted octanol–water partition coefficient (Wildman–Crippen LogP) is 2.25. The SMILES string of the molecule is CCC(C)OC(=O)C(c1cc(CO)no1)C(C)C. The van der Waals surface area contributed by atoms with Crippen molar-refractivity contribution in [3.05, 3.63) is 17.5 Å². The first-order chi connectivity index (χ1) is 8.49. The molecular weight excluding hydrogens is 234 g/mol. The summed E-state index contributed by atoms with van der Waals surface area (Å²) < 4.78 is 10.4. The van der Waals surface area contributed by atoms with Crippen LogP contribution in [-0.2, 0) is 16.1 Å². The number of esters is 1. The summed E-state index contributed by atoms with van der Waals surface area (Å²) in [4.78, 5) is 12.1. The van der Waals surface area contributed by atoms with Gasteiger partial charge < -0.3 is 14.4 Å². The van der Waals surface area contributed by atoms with Crippen molar-refractivity contribution in [2.24, 2.45) is 5.92 Å². The molecule has 1 aromatic heterocycles. The molecule has 0 amide bonds. The third-order valence-electron chi connectivity index (χ3n) is 2.86. The molecule has 0 spiro atoms. The zero-order valence-electron chi connectivity index (χ0n) is 11.3. The summed E-state index contributed by atoms with van der Waals surface area (Å²) in [5.74, 6) is -0.296. The summed E-state index contributed by atoms with van der Waals surface area (Å²) in [5, 5.41) is 12.6. The van der Waals surface area contributed by atoms with Crippen LogP contribution in [0.1, 0.15) is 51.5 Å². The zero-order valence-corrected chi connectivity index (χ0v) is 11.3. The molecule has 0 saturated heterocycles. The van der Waals surface area contributed by atoms with Crippen LogP contribution < -0.4 is 0 Å². The second-order valence-corrected chi connectivity index (χ2v) is 4.76. The summed E-state index contributed by atoms with van der Waals surface area (Å²) >= 11 is 0. The first kappa shape index (κ1) is 14.7. The van der Waals surface area contributed by atoms with Crippen LogP contribution >= 0.6 is 0 Å². The third-order valence-corrected chi connectivity index (χ3v) is 2.86. The van der Waals surface area contributed by atoms with E-state index in [1.165, 1.54) is 0 Å². The van der Waals surface area contributed by atoms with Gasteiger partial charge in [0.15, 0.2) is 5.76 Å². The van der Waals surface area contributed by atoms with Crippen LogP contribution in [0.2, 0.25) is 0 Å². The van der Waals surface area contributed by atoms with Gasteiger partial charge in [-0.25, -0.2) is 0 Å². The van der Waals surface area contributed by atoms with Gasteiger partial charge in [-0.15, -0.1) is 0 Å². The van der Waals surface area contributed by atoms with E-state index in [4.69, 9.17) is 14.4 Å². The minimum atomic E-state index is -0.480. The van der Waals surface area contributed by atoms with E-state index in [9.17, 15) is 4.79 Å². The monoisotopic (exact) mass is 255 g/mol. The Labute approximate surface area is 107 Å². The van der Waals surface area contributed by atoms with E-state index < -0.39 is 5.92 Å². The number of rotatable bonds is 6. The molecule has 1 aromatic rings. The molecular formula is C13H21NO4. The normalized spacial score (nSPS) is 14.6. The topological polar surface area (TPSA) is 72.6 Å². The van der Waals surface area contributed by atoms with E-state index in [1.807, 2.05) is 27.7 Å². The van der Waals surface area contributed by atoms with Crippen LogP contribution in [0, 0.1) is 5.92 Å². The van der Waals surface area contributed by atoms with Gasteiger partial charge >= 0.3 is 5.97 Å². The molecule has 0 bridgehead atoms. The molecule has 5 nitrogen and oxygen atoms in total. The zero-order chi connectivity index (χ0) is 13.7. The molecule has 18 heavy (non-hydrogen) atoms. The summed E-state index contributed by atoms with van der Waals surface area (Å²) in [7, 11) is 0. The Bertz CT molecular complexity index is 386. The number of nitrogens with zero attached hydrogens (tertiary/aromatic N) is 1. The van der Waals surface area contributed by atoms with Gasteiger partial charge in [0, 0.05) is 6.07 Å². The molecule has 0 saturated carbocycles. The molecule has 0 aliphatic carbocycles. The van der Waals surface area contributed by atoms with Gasteiger partial charge in [-0.2, -0.15) is 0 Å². The molecule has 0 aliphatic heterocycles. The highest BCUT2D eigenvalue weighted by Gasteiger charge is 2.30. The number of aromatic nitrogens is 1. The maximum absolute atomic E-state index is 12.1. The van der Waals surface area contributed by atoms with E-state index in [2.05, 4.69) is 5.16 Å². The Morgan fingerprint density at radius 2 is 2.17 bits per heavy atom. The maximum Gasteiger partial charge on any atom is 0.317 e. The van der Waals surface area contributed by atoms with Crippen molar-refractivity contribution in [1.29, 1.82) is 0 Å². The number of hydrogen-bond acceptors (Lipinski definition) is 5. The van der Waals surface area contributed by atoms with Crippen molar-refractivity contribution in [1.82, 2.24) is 5.16 Å². The number of hydrogen-bond donors (Lipinski definition) is 1. The standard InChI is InChI=1S/C13H21NO4/c1-5-9(4)17-13(16)12(8(2)3)11-6-10(7-15)14-18-11/h6,8-9,12,15H,5,7H2,1-4H3. The second kappa shape index (κ2) is 6.54. The molecule has 102 valence electrons. The molecule has 1 N–H and O–H groups in total. The predicted molar refractivity (Wildman–Crippen MR) is 65.8 cm³/mol. The van der Waals surface area contributed by atoms with Crippen LogP contribution in [0.5, 0.6) is 0 Å². The highest BCUT2D eigenvalue weighted by Crippen LogP contribution is 2.27. The fraction of sp³-hybridized carbons (Fsp3) is 0.692. The lowest BCUT2D eigenvalue weighted by atomic mass is 9.93. The number of carbonyl (C=O) groups is 1. The number of aliphatic hydroxyl groups is 1. The average Bonchev–Trinajstić information content (AvgIpc) is 2.76. The van der Waals surface area contributed by atoms with E-state index >= 15 is 0 Å². The van der Waals surface area contributed by atoms with Crippen molar-refractivity contribution in [2.75, 3.05) is 0 Å². The lowest BCUT2D eigenvalue weighted by molar-refractivity contribution is -0.152. The fourth-order valence-electron chi connectivity index (χ4n) is 1.62. The summed E-state index contributed by atoms with van der Waals surface area (Å²) in [6.45, 7) is 7.46. The quantitative estimate of drug-likeness (QED) is 0.789. The van der Waals surface area contributed by atoms with E-state index in [0.29, 0.717) is 11.5 Å². The fourth-order valence-corrected chi connectivity index (χ4v) is 1.62. The average molecular weight is 255 g/mol. The van der Waals surface area contributed by atoms with Gasteiger partial charge in [-0.1, -0.05) is 25.9 Å². The lowest BCUT2D eigenvalue weighted by Crippen LogP contribution is -2.24. The smallest absolute Gasteiger partial charge is 0.317 e. The molecule has 1 rings (SSSR count). The highest BCUT2D eigenvalue weighted by molar-refractivity contribution is 5.77. The van der Waals surface area contributed by atoms with E-state index in [0.717, 1.165) is 6.42 Å². The minimum Gasteiger partial charge on any atom is -0.462 e. The van der Waals surface area contributed by atoms with Crippen LogP contribution in [0.4, 0.5) is 0 Å². The van der Waals surface area contributed by atoms with E-state index in [1.54, 1.807) is 6.07 Å². The first-order valence-electron chi connectivity index (χ1n) is 6.26. The Kier molecular flexibility index (Phi) is 5.34. The molecule has 0 fully saturated rings. The molecule has 5 heteroatoms. The largest absolute Gasteiger partial charge is 0.462 e. The summed E-state index contributed by atoms with van der Waals surface area (Å²) in [5.41, 5.74) is 0.423. The van der Waals surface area contributed by atoms with Crippen LogP contribution in [0.3, 0.4) is 0 Å². The Morgan fingerprint density at radius 3 is 2.61 bits per heavy atom. The second-order valence-electron chi connectivity index (χ2n) is 4.76. The third kappa shape index (κ3) is 3.57. The number of aliphatic hydroxyl groups excluding tert-OH is 1. The maximum atomic E-state index is 12.1. The minimum absolute atomic E-state index is 0.0426. The van der Waals surface area contributed by atoms with Crippen molar-refractivity contribution in [3.63, 3.8) is 0 Å². The van der Waals surface area contributed by atoms with Crippen LogP contribution in [-0.4, -0.2) is 22.3 Å². The molecule has 2 unspecified atom stereocenters. The van der Waals surface area contributed by atoms with Gasteiger partial charge in [0.2, 0.25) is 0 Å². The number of ether oxygens (including phenoxy) is 1.